The van der Waals surface area contributed by atoms with E-state index in [2.05, 4.69) is 5.32 Å². The first-order valence-corrected chi connectivity index (χ1v) is 5.22. The molecule has 2 unspecified atom stereocenters. The molecule has 1 rings (SSSR count). The van der Waals surface area contributed by atoms with Gasteiger partial charge >= 0.3 is 0 Å². The van der Waals surface area contributed by atoms with Crippen molar-refractivity contribution in [2.24, 2.45) is 0 Å². The summed E-state index contributed by atoms with van der Waals surface area (Å²) in [4.78, 5) is 10.9. The van der Waals surface area contributed by atoms with Crippen LogP contribution in [-0.2, 0) is 15.6 Å². The average molecular weight is 186 g/mol. The molecule has 0 aromatic rings. The zero-order chi connectivity index (χ0) is 8.97. The lowest BCUT2D eigenvalue weighted by atomic mass is 10.2. The van der Waals surface area contributed by atoms with Gasteiger partial charge in [0.25, 0.3) is 0 Å². The summed E-state index contributed by atoms with van der Waals surface area (Å²) >= 11 is 0. The smallest absolute Gasteiger partial charge is 0.234 e. The first-order valence-electron chi connectivity index (χ1n) is 3.73. The number of hydrogen-bond donors (Lipinski definition) is 1. The highest BCUT2D eigenvalue weighted by atomic mass is 32.2. The number of rotatable bonds is 2. The Morgan fingerprint density at radius 2 is 2.50 bits per heavy atom. The highest BCUT2D eigenvalue weighted by molar-refractivity contribution is 7.85. The molecule has 0 radical (unpaired) electrons. The quantitative estimate of drug-likeness (QED) is 0.634. The fraction of sp³-hybridized carbons (Fsp3) is 0.714. The zero-order valence-corrected chi connectivity index (χ0v) is 7.39. The lowest BCUT2D eigenvalue weighted by Crippen LogP contribution is -2.34. The van der Waals surface area contributed by atoms with Crippen LogP contribution in [0.3, 0.4) is 0 Å². The van der Waals surface area contributed by atoms with Crippen LogP contribution in [0.1, 0.15) is 12.8 Å². The minimum Gasteiger partial charge on any atom is -0.352 e. The fourth-order valence-electron chi connectivity index (χ4n) is 1.13. The lowest BCUT2D eigenvalue weighted by molar-refractivity contribution is -0.120. The Hall–Kier alpha value is -0.890. The van der Waals surface area contributed by atoms with Crippen molar-refractivity contribution in [2.45, 2.75) is 18.9 Å². The van der Waals surface area contributed by atoms with Crippen LogP contribution >= 0.6 is 0 Å². The van der Waals surface area contributed by atoms with E-state index in [9.17, 15) is 9.00 Å². The number of nitriles is 1. The summed E-state index contributed by atoms with van der Waals surface area (Å²) in [6.07, 6.45) is 0.660. The third-order valence-electron chi connectivity index (χ3n) is 1.69. The summed E-state index contributed by atoms with van der Waals surface area (Å²) in [6.45, 7) is 0. The fourth-order valence-corrected chi connectivity index (χ4v) is 2.54. The Morgan fingerprint density at radius 3 is 3.00 bits per heavy atom. The van der Waals surface area contributed by atoms with E-state index in [1.807, 2.05) is 0 Å². The largest absolute Gasteiger partial charge is 0.352 e. The average Bonchev–Trinajstić information content (AvgIpc) is 2.36. The molecular formula is C7H10N2O2S. The minimum absolute atomic E-state index is 0.0201. The van der Waals surface area contributed by atoms with Gasteiger partial charge in [0.1, 0.15) is 6.42 Å². The Morgan fingerprint density at radius 1 is 1.75 bits per heavy atom. The van der Waals surface area contributed by atoms with Crippen LogP contribution in [-0.4, -0.2) is 27.7 Å². The van der Waals surface area contributed by atoms with Crippen LogP contribution < -0.4 is 5.32 Å². The van der Waals surface area contributed by atoms with E-state index >= 15 is 0 Å². The first kappa shape index (κ1) is 9.20. The van der Waals surface area contributed by atoms with Crippen molar-refractivity contribution in [2.75, 3.05) is 11.5 Å². The zero-order valence-electron chi connectivity index (χ0n) is 6.58. The van der Waals surface area contributed by atoms with Crippen LogP contribution in [0, 0.1) is 11.3 Å². The summed E-state index contributed by atoms with van der Waals surface area (Å²) in [5.41, 5.74) is 0. The topological polar surface area (TPSA) is 70.0 Å². The van der Waals surface area contributed by atoms with Gasteiger partial charge in [-0.25, -0.2) is 0 Å². The number of carbonyl (C=O) groups excluding carboxylic acids is 1. The summed E-state index contributed by atoms with van der Waals surface area (Å²) in [6, 6.07) is 1.78. The minimum atomic E-state index is -0.771. The predicted molar refractivity (Wildman–Crippen MR) is 44.7 cm³/mol. The molecule has 1 aliphatic rings. The van der Waals surface area contributed by atoms with E-state index in [4.69, 9.17) is 5.26 Å². The Bertz CT molecular complexity index is 246. The van der Waals surface area contributed by atoms with Crippen molar-refractivity contribution >= 4 is 16.7 Å². The molecule has 0 aromatic carbocycles. The summed E-state index contributed by atoms with van der Waals surface area (Å²) in [7, 11) is -0.771. The van der Waals surface area contributed by atoms with Crippen molar-refractivity contribution < 1.29 is 9.00 Å². The van der Waals surface area contributed by atoms with Crippen LogP contribution in [0.15, 0.2) is 0 Å². The molecule has 1 N–H and O–H groups in total. The third-order valence-corrected chi connectivity index (χ3v) is 3.15. The second-order valence-corrected chi connectivity index (χ2v) is 4.32. The summed E-state index contributed by atoms with van der Waals surface area (Å²) in [5, 5.41) is 10.8. The molecule has 2 atom stereocenters. The van der Waals surface area contributed by atoms with Gasteiger partial charge in [-0.15, -0.1) is 0 Å². The molecule has 1 fully saturated rings. The van der Waals surface area contributed by atoms with Gasteiger partial charge in [-0.2, -0.15) is 5.26 Å². The maximum atomic E-state index is 10.9. The second-order valence-electron chi connectivity index (χ2n) is 2.70. The monoisotopic (exact) mass is 186 g/mol. The number of nitrogens with one attached hydrogen (secondary N) is 1. The molecule has 0 aromatic heterocycles. The van der Waals surface area contributed by atoms with Crippen molar-refractivity contribution in [3.05, 3.63) is 0 Å². The molecule has 1 amide bonds. The maximum absolute atomic E-state index is 10.9. The van der Waals surface area contributed by atoms with E-state index in [0.29, 0.717) is 11.5 Å². The molecular weight excluding hydrogens is 176 g/mol. The van der Waals surface area contributed by atoms with Crippen LogP contribution in [0.25, 0.3) is 0 Å². The van der Waals surface area contributed by atoms with Gasteiger partial charge in [0, 0.05) is 28.3 Å². The van der Waals surface area contributed by atoms with Gasteiger partial charge in [0.15, 0.2) is 0 Å². The molecule has 0 bridgehead atoms. The van der Waals surface area contributed by atoms with Gasteiger partial charge in [-0.3, -0.25) is 9.00 Å². The van der Waals surface area contributed by atoms with Gasteiger partial charge in [0.2, 0.25) is 5.91 Å². The highest BCUT2D eigenvalue weighted by Crippen LogP contribution is 2.06. The molecule has 0 spiro atoms. The van der Waals surface area contributed by atoms with Crippen LogP contribution in [0.4, 0.5) is 0 Å². The van der Waals surface area contributed by atoms with Crippen molar-refractivity contribution in [3.8, 4) is 6.07 Å². The molecule has 1 heterocycles. The molecule has 0 saturated carbocycles. The SMILES string of the molecule is N#CCC(=O)NC1CCS(=O)C1. The van der Waals surface area contributed by atoms with Crippen molar-refractivity contribution in [1.29, 1.82) is 5.26 Å². The summed E-state index contributed by atoms with van der Waals surface area (Å²) in [5.74, 6) is 0.940. The number of hydrogen-bond acceptors (Lipinski definition) is 3. The van der Waals surface area contributed by atoms with Gasteiger partial charge in [-0.05, 0) is 6.42 Å². The van der Waals surface area contributed by atoms with Crippen molar-refractivity contribution in [3.63, 3.8) is 0 Å². The molecule has 12 heavy (non-hydrogen) atoms. The molecule has 5 heteroatoms. The first-order chi connectivity index (χ1) is 5.72. The standard InChI is InChI=1S/C7H10N2O2S/c8-3-1-7(10)9-6-2-4-12(11)5-6/h6H,1-2,4-5H2,(H,9,10). The Kier molecular flexibility index (Phi) is 3.23. The maximum Gasteiger partial charge on any atom is 0.234 e. The van der Waals surface area contributed by atoms with E-state index in [1.165, 1.54) is 0 Å². The van der Waals surface area contributed by atoms with Gasteiger partial charge < -0.3 is 5.32 Å². The van der Waals surface area contributed by atoms with E-state index in [-0.39, 0.29) is 18.4 Å². The second kappa shape index (κ2) is 4.21. The molecule has 1 saturated heterocycles. The molecule has 0 aliphatic carbocycles. The number of amides is 1. The molecule has 1 aliphatic heterocycles. The van der Waals surface area contributed by atoms with Crippen LogP contribution in [0.2, 0.25) is 0 Å². The van der Waals surface area contributed by atoms with Gasteiger partial charge in [-0.1, -0.05) is 0 Å². The van der Waals surface area contributed by atoms with E-state index in [0.717, 1.165) is 6.42 Å². The highest BCUT2D eigenvalue weighted by Gasteiger charge is 2.21. The van der Waals surface area contributed by atoms with E-state index in [1.54, 1.807) is 6.07 Å². The van der Waals surface area contributed by atoms with Crippen LogP contribution in [0.5, 0.6) is 0 Å². The number of carbonyl (C=O) groups is 1. The van der Waals surface area contributed by atoms with E-state index < -0.39 is 10.8 Å². The molecule has 4 nitrogen and oxygen atoms in total. The Labute approximate surface area is 73.4 Å². The summed E-state index contributed by atoms with van der Waals surface area (Å²) < 4.78 is 10.9. The van der Waals surface area contributed by atoms with Gasteiger partial charge in [0.05, 0.1) is 6.07 Å². The Balaban J connectivity index is 2.28. The lowest BCUT2D eigenvalue weighted by Gasteiger charge is -2.07. The number of nitrogens with zero attached hydrogens (tertiary/aromatic N) is 1. The predicted octanol–water partition coefficient (Wildman–Crippen LogP) is -0.463. The molecule has 66 valence electrons. The normalized spacial score (nSPS) is 27.9. The van der Waals surface area contributed by atoms with Crippen molar-refractivity contribution in [1.82, 2.24) is 5.32 Å². The third kappa shape index (κ3) is 2.62.